The monoisotopic (exact) mass is 1200 g/mol. The maximum absolute atomic E-state index is 15.3. The van der Waals surface area contributed by atoms with Crippen molar-refractivity contribution in [2.75, 3.05) is 62.9 Å². The topological polar surface area (TPSA) is 250 Å². The predicted octanol–water partition coefficient (Wildman–Crippen LogP) is 4.13. The molecule has 1 unspecified atom stereocenters. The minimum atomic E-state index is -1.16. The zero-order valence-electron chi connectivity index (χ0n) is 56.7. The van der Waals surface area contributed by atoms with Crippen molar-refractivity contribution < 1.29 is 52.7 Å². The maximum Gasteiger partial charge on any atom is 0.246 e. The van der Waals surface area contributed by atoms with E-state index in [1.54, 1.807) is 41.5 Å². The summed E-state index contributed by atoms with van der Waals surface area (Å²) in [6, 6.07) is -11.7. The normalized spacial score (nSPS) is 29.9. The SMILES string of the molecule is CC[C@H]1NC(=O)C([C@@H]2[C@H](C)CCN2C)N(C)C(=O)[C@@H](C(C)C)N(C)C(=O)[C@@H](CC(C)C)N(C)C(=O)[C@H](CC(C)C)N(C)C(=O)[C@H](C)CC(=O)[C@@H](C)NC(=O)[C@@H](CC(C)C)N(C)C(=O)[C@@H](C(C)C)NC(=O)[C@H](CC(C)C)N(C)C(=O)[C@@H](C)N(C)C1=O. The molecule has 85 heavy (non-hydrogen) atoms. The minimum Gasteiger partial charge on any atom is -0.345 e. The average Bonchev–Trinajstić information content (AvgIpc) is 3.33. The van der Waals surface area contributed by atoms with Gasteiger partial charge >= 0.3 is 0 Å². The molecular formula is C63H113N11O11. The van der Waals surface area contributed by atoms with Crippen molar-refractivity contribution in [2.24, 2.45) is 47.3 Å². The summed E-state index contributed by atoms with van der Waals surface area (Å²) in [6.07, 6.45) is 1.31. The van der Waals surface area contributed by atoms with E-state index in [1.807, 2.05) is 74.3 Å². The van der Waals surface area contributed by atoms with E-state index in [0.29, 0.717) is 6.54 Å². The Balaban J connectivity index is 2.98. The van der Waals surface area contributed by atoms with Crippen molar-refractivity contribution in [1.29, 1.82) is 0 Å². The van der Waals surface area contributed by atoms with Crippen LogP contribution in [0, 0.1) is 47.3 Å². The Morgan fingerprint density at radius 3 is 1.28 bits per heavy atom. The summed E-state index contributed by atoms with van der Waals surface area (Å²) in [4.78, 5) is 173. The molecule has 2 saturated heterocycles. The van der Waals surface area contributed by atoms with E-state index in [0.717, 1.165) is 6.42 Å². The quantitative estimate of drug-likeness (QED) is 0.250. The Labute approximate surface area is 510 Å². The molecule has 0 saturated carbocycles. The molecule has 0 aromatic rings. The third-order valence-electron chi connectivity index (χ3n) is 17.6. The first-order valence-corrected chi connectivity index (χ1v) is 31.2. The van der Waals surface area contributed by atoms with E-state index in [9.17, 15) is 33.6 Å². The van der Waals surface area contributed by atoms with Gasteiger partial charge in [-0.05, 0) is 107 Å². The van der Waals surface area contributed by atoms with Crippen LogP contribution in [0.15, 0.2) is 0 Å². The smallest absolute Gasteiger partial charge is 0.246 e. The van der Waals surface area contributed by atoms with E-state index < -0.39 is 149 Å². The highest BCUT2D eigenvalue weighted by Crippen LogP contribution is 2.30. The van der Waals surface area contributed by atoms with Gasteiger partial charge in [0.15, 0.2) is 5.78 Å². The van der Waals surface area contributed by atoms with Crippen LogP contribution < -0.4 is 16.0 Å². The summed E-state index contributed by atoms with van der Waals surface area (Å²) in [7, 11) is 12.3. The summed E-state index contributed by atoms with van der Waals surface area (Å²) in [6.45, 7) is 31.2. The summed E-state index contributed by atoms with van der Waals surface area (Å²) in [5.74, 6) is -8.64. The number of amides is 10. The lowest BCUT2D eigenvalue weighted by Gasteiger charge is -2.42. The fourth-order valence-corrected chi connectivity index (χ4v) is 12.0. The van der Waals surface area contributed by atoms with Gasteiger partial charge < -0.3 is 55.1 Å². The molecule has 0 radical (unpaired) electrons. The molecule has 2 fully saturated rings. The molecule has 2 heterocycles. The number of rotatable bonds is 12. The van der Waals surface area contributed by atoms with Gasteiger partial charge in [-0.25, -0.2) is 0 Å². The van der Waals surface area contributed by atoms with Crippen LogP contribution in [0.2, 0.25) is 0 Å². The van der Waals surface area contributed by atoms with Crippen LogP contribution in [-0.4, -0.2) is 233 Å². The molecule has 3 N–H and O–H groups in total. The highest BCUT2D eigenvalue weighted by Gasteiger charge is 2.48. The van der Waals surface area contributed by atoms with Crippen molar-refractivity contribution in [3.63, 3.8) is 0 Å². The molecule has 486 valence electrons. The van der Waals surface area contributed by atoms with Crippen molar-refractivity contribution >= 4 is 64.9 Å². The lowest BCUT2D eigenvalue weighted by molar-refractivity contribution is -0.156. The third-order valence-corrected chi connectivity index (χ3v) is 17.6. The Morgan fingerprint density at radius 1 is 0.435 bits per heavy atom. The van der Waals surface area contributed by atoms with Crippen molar-refractivity contribution in [3.05, 3.63) is 0 Å². The zero-order chi connectivity index (χ0) is 65.7. The third kappa shape index (κ3) is 19.4. The van der Waals surface area contributed by atoms with Crippen LogP contribution in [0.25, 0.3) is 0 Å². The number of likely N-dealkylation sites (tertiary alicyclic amines) is 1. The number of likely N-dealkylation sites (N-methyl/N-ethyl adjacent to an activating group) is 8. The molecule has 0 aromatic heterocycles. The zero-order valence-corrected chi connectivity index (χ0v) is 56.7. The van der Waals surface area contributed by atoms with Gasteiger partial charge in [-0.3, -0.25) is 52.7 Å². The Kier molecular flexibility index (Phi) is 29.2. The number of nitrogens with one attached hydrogen (secondary N) is 3. The van der Waals surface area contributed by atoms with Crippen LogP contribution in [0.1, 0.15) is 163 Å². The van der Waals surface area contributed by atoms with Gasteiger partial charge in [0.2, 0.25) is 59.1 Å². The highest BCUT2D eigenvalue weighted by molar-refractivity contribution is 6.00. The van der Waals surface area contributed by atoms with Gasteiger partial charge in [0.1, 0.15) is 54.4 Å². The second kappa shape index (κ2) is 32.9. The molecule has 10 amide bonds. The largest absolute Gasteiger partial charge is 0.345 e. The van der Waals surface area contributed by atoms with Crippen molar-refractivity contribution in [1.82, 2.24) is 55.1 Å². The number of hydrogen-bond donors (Lipinski definition) is 3. The Morgan fingerprint density at radius 2 is 0.859 bits per heavy atom. The average molecular weight is 1200 g/mol. The molecule has 2 rings (SSSR count). The molecule has 22 nitrogen and oxygen atoms in total. The molecule has 13 atom stereocenters. The molecule has 0 spiro atoms. The number of carbonyl (C=O) groups is 11. The maximum atomic E-state index is 15.3. The van der Waals surface area contributed by atoms with Crippen molar-refractivity contribution in [2.45, 2.75) is 229 Å². The minimum absolute atomic E-state index is 0.0828. The predicted molar refractivity (Wildman–Crippen MR) is 330 cm³/mol. The van der Waals surface area contributed by atoms with Crippen molar-refractivity contribution in [3.8, 4) is 0 Å². The molecule has 2 aliphatic rings. The fraction of sp³-hybridized carbons (Fsp3) is 0.825. The van der Waals surface area contributed by atoms with Crippen LogP contribution in [0.4, 0.5) is 0 Å². The fourth-order valence-electron chi connectivity index (χ4n) is 12.0. The molecule has 0 bridgehead atoms. The van der Waals surface area contributed by atoms with E-state index in [4.69, 9.17) is 0 Å². The summed E-state index contributed by atoms with van der Waals surface area (Å²) < 4.78 is 0. The van der Waals surface area contributed by atoms with Crippen LogP contribution in [0.5, 0.6) is 0 Å². The first-order chi connectivity index (χ1) is 39.2. The lowest BCUT2D eigenvalue weighted by Crippen LogP contribution is -2.64. The summed E-state index contributed by atoms with van der Waals surface area (Å²) >= 11 is 0. The van der Waals surface area contributed by atoms with Crippen LogP contribution in [0.3, 0.4) is 0 Å². The number of carbonyl (C=O) groups excluding carboxylic acids is 11. The highest BCUT2D eigenvalue weighted by atomic mass is 16.2. The van der Waals surface area contributed by atoms with Gasteiger partial charge in [0, 0.05) is 67.7 Å². The van der Waals surface area contributed by atoms with E-state index in [1.165, 1.54) is 97.5 Å². The van der Waals surface area contributed by atoms with Gasteiger partial charge in [-0.1, -0.05) is 104 Å². The Bertz CT molecular complexity index is 2330. The van der Waals surface area contributed by atoms with Gasteiger partial charge in [-0.15, -0.1) is 0 Å². The number of hydrogen-bond acceptors (Lipinski definition) is 12. The van der Waals surface area contributed by atoms with E-state index in [-0.39, 0.29) is 68.1 Å². The second-order valence-electron chi connectivity index (χ2n) is 27.3. The standard InChI is InChI=1S/C63H113N11O11/c1-26-44-59(81)68(19)43(17)58(80)69(20)46(30-35(4)5)55(77)66-50(38(10)11)62(84)70(21)45(29-34(2)3)54(76)64-42(16)49(75)33-41(15)57(79)71(22)47(31-36(6)7)60(82)72(23)48(32-37(8)9)61(83)73(24)51(39(12)13)63(85)74(25)53(56(78)65-44)52-40(14)27-28-67(52)18/h34-48,50-53H,26-33H2,1-25H3,(H,64,76)(H,65,78)(H,66,77)/t40-,41-,42-,43-,44-,45-,46+,47+,48-,50-,51-,52+,53?/m1/s1. The molecule has 22 heteroatoms. The summed E-state index contributed by atoms with van der Waals surface area (Å²) in [5.41, 5.74) is 0. The second-order valence-corrected chi connectivity index (χ2v) is 27.3. The first-order valence-electron chi connectivity index (χ1n) is 31.2. The first kappa shape index (κ1) is 75.4. The van der Waals surface area contributed by atoms with Crippen LogP contribution >= 0.6 is 0 Å². The molecule has 0 aliphatic carbocycles. The van der Waals surface area contributed by atoms with Gasteiger partial charge in [-0.2, -0.15) is 0 Å². The lowest BCUT2D eigenvalue weighted by atomic mass is 9.91. The number of ketones is 1. The number of nitrogens with zero attached hydrogens (tertiary/aromatic N) is 8. The molecule has 2 aliphatic heterocycles. The Hall–Kier alpha value is -5.67. The van der Waals surface area contributed by atoms with Crippen LogP contribution in [-0.2, 0) is 52.7 Å². The summed E-state index contributed by atoms with van der Waals surface area (Å²) in [5, 5.41) is 8.63. The van der Waals surface area contributed by atoms with Gasteiger partial charge in [0.25, 0.3) is 0 Å². The number of Topliss-reactive ketones (excluding diaryl/α,β-unsaturated/α-hetero) is 1. The van der Waals surface area contributed by atoms with E-state index in [2.05, 4.69) is 16.0 Å². The van der Waals surface area contributed by atoms with E-state index >= 15 is 19.2 Å². The molecule has 0 aromatic carbocycles. The molecular weight excluding hydrogens is 1090 g/mol. The van der Waals surface area contributed by atoms with Gasteiger partial charge in [0.05, 0.1) is 6.04 Å².